The maximum Gasteiger partial charge on any atom is 0.238 e. The van der Waals surface area contributed by atoms with E-state index < -0.39 is 58.8 Å². The van der Waals surface area contributed by atoms with E-state index in [1.165, 1.54) is 13.8 Å². The van der Waals surface area contributed by atoms with Crippen LogP contribution in [0.2, 0.25) is 0 Å². The third-order valence-electron chi connectivity index (χ3n) is 6.82. The van der Waals surface area contributed by atoms with E-state index in [0.29, 0.717) is 24.8 Å². The number of carbonyl (C=O) groups is 1. The summed E-state index contributed by atoms with van der Waals surface area (Å²) in [6.45, 7) is 6.21. The molecule has 2 aromatic rings. The number of sulfonamides is 1. The predicted molar refractivity (Wildman–Crippen MR) is 145 cm³/mol. The number of ether oxygens (including phenoxy) is 2. The molecule has 0 spiro atoms. The van der Waals surface area contributed by atoms with E-state index in [2.05, 4.69) is 14.9 Å². The number of benzene rings is 1. The van der Waals surface area contributed by atoms with Crippen LogP contribution in [0.1, 0.15) is 62.4 Å². The van der Waals surface area contributed by atoms with E-state index >= 15 is 0 Å². The molecule has 1 fully saturated rings. The number of aryl methyl sites for hydroxylation is 1. The summed E-state index contributed by atoms with van der Waals surface area (Å²) >= 11 is 0. The molecule has 13 nitrogen and oxygen atoms in total. The van der Waals surface area contributed by atoms with Crippen molar-refractivity contribution in [3.8, 4) is 5.88 Å². The maximum atomic E-state index is 12.3. The van der Waals surface area contributed by atoms with Gasteiger partial charge >= 0.3 is 0 Å². The van der Waals surface area contributed by atoms with Gasteiger partial charge in [-0.05, 0) is 43.7 Å². The molecular formula is C26H40N4O9S. The highest BCUT2D eigenvalue weighted by molar-refractivity contribution is 7.89. The first-order valence-electron chi connectivity index (χ1n) is 13.1. The Hall–Kier alpha value is -2.59. The standard InChI is InChI=1S/C26H40N4O9S/c1-14(2)19-17(23(29-28-19)39-24-22(34)21(33)20(32)18(13-31)38-24)12-16-9-7-15(8-10-16)6-5-11-40(36,37)30-26(3,4)25(27)35/h7-10,14,18,20-22,24,30-34H,5-6,11-13H2,1-4H3,(H2,27,35)(H,28,29)/t18-,20-,21+,22-,24+/m1/s1. The van der Waals surface area contributed by atoms with Gasteiger partial charge in [0.2, 0.25) is 28.1 Å². The van der Waals surface area contributed by atoms with Crippen molar-refractivity contribution in [1.82, 2.24) is 14.9 Å². The van der Waals surface area contributed by atoms with Crippen LogP contribution in [0.15, 0.2) is 24.3 Å². The van der Waals surface area contributed by atoms with Gasteiger partial charge in [-0.3, -0.25) is 9.89 Å². The first-order valence-corrected chi connectivity index (χ1v) is 14.7. The minimum atomic E-state index is -3.69. The molecule has 0 unspecified atom stereocenters. The summed E-state index contributed by atoms with van der Waals surface area (Å²) in [5, 5.41) is 47.1. The number of H-pyrrole nitrogens is 1. The molecule has 2 heterocycles. The number of amides is 1. The fourth-order valence-electron chi connectivity index (χ4n) is 4.37. The second-order valence-electron chi connectivity index (χ2n) is 10.9. The zero-order valence-electron chi connectivity index (χ0n) is 23.1. The van der Waals surface area contributed by atoms with Crippen molar-refractivity contribution in [1.29, 1.82) is 0 Å². The monoisotopic (exact) mass is 584 g/mol. The molecule has 5 atom stereocenters. The smallest absolute Gasteiger partial charge is 0.238 e. The zero-order valence-corrected chi connectivity index (χ0v) is 23.9. The molecule has 8 N–H and O–H groups in total. The molecule has 1 saturated heterocycles. The summed E-state index contributed by atoms with van der Waals surface area (Å²) in [4.78, 5) is 11.4. The largest absolute Gasteiger partial charge is 0.443 e. The topological polar surface area (TPSA) is 217 Å². The van der Waals surface area contributed by atoms with Gasteiger partial charge in [0.25, 0.3) is 0 Å². The fraction of sp³-hybridized carbons (Fsp3) is 0.615. The Kier molecular flexibility index (Phi) is 10.3. The highest BCUT2D eigenvalue weighted by Gasteiger charge is 2.45. The average Bonchev–Trinajstić information content (AvgIpc) is 3.26. The van der Waals surface area contributed by atoms with Crippen LogP contribution in [0.3, 0.4) is 0 Å². The second kappa shape index (κ2) is 12.9. The van der Waals surface area contributed by atoms with Crippen molar-refractivity contribution >= 4 is 15.9 Å². The van der Waals surface area contributed by atoms with Crippen LogP contribution in [-0.4, -0.2) is 93.6 Å². The van der Waals surface area contributed by atoms with E-state index in [4.69, 9.17) is 15.2 Å². The Morgan fingerprint density at radius 3 is 2.35 bits per heavy atom. The van der Waals surface area contributed by atoms with Gasteiger partial charge in [0.1, 0.15) is 30.0 Å². The lowest BCUT2D eigenvalue weighted by atomic mass is 9.98. The van der Waals surface area contributed by atoms with Crippen molar-refractivity contribution < 1.29 is 43.1 Å². The molecule has 14 heteroatoms. The van der Waals surface area contributed by atoms with Crippen LogP contribution in [0.4, 0.5) is 0 Å². The molecule has 0 radical (unpaired) electrons. The molecule has 1 aliphatic heterocycles. The Morgan fingerprint density at radius 1 is 1.15 bits per heavy atom. The Morgan fingerprint density at radius 2 is 1.77 bits per heavy atom. The molecule has 1 aromatic heterocycles. The van der Waals surface area contributed by atoms with E-state index in [1.807, 2.05) is 38.1 Å². The summed E-state index contributed by atoms with van der Waals surface area (Å²) in [6.07, 6.45) is -5.84. The number of aromatic amines is 1. The van der Waals surface area contributed by atoms with Crippen molar-refractivity contribution in [2.75, 3.05) is 12.4 Å². The first kappa shape index (κ1) is 31.9. The van der Waals surface area contributed by atoms with Crippen LogP contribution in [-0.2, 0) is 32.4 Å². The van der Waals surface area contributed by atoms with Crippen LogP contribution in [0, 0.1) is 0 Å². The summed E-state index contributed by atoms with van der Waals surface area (Å²) in [5.74, 6) is -0.693. The number of rotatable bonds is 13. The predicted octanol–water partition coefficient (Wildman–Crippen LogP) is -0.581. The van der Waals surface area contributed by atoms with Gasteiger partial charge in [-0.2, -0.15) is 0 Å². The van der Waals surface area contributed by atoms with Gasteiger partial charge in [-0.15, -0.1) is 5.10 Å². The number of hydrogen-bond donors (Lipinski definition) is 7. The molecule has 1 amide bonds. The number of aliphatic hydroxyl groups is 4. The Balaban J connectivity index is 1.67. The summed E-state index contributed by atoms with van der Waals surface area (Å²) in [7, 11) is -3.69. The quantitative estimate of drug-likeness (QED) is 0.159. The molecular weight excluding hydrogens is 544 g/mol. The number of carbonyl (C=O) groups excluding carboxylic acids is 1. The molecule has 224 valence electrons. The third kappa shape index (κ3) is 7.78. The van der Waals surface area contributed by atoms with E-state index in [-0.39, 0.29) is 17.6 Å². The molecule has 0 aliphatic carbocycles. The lowest BCUT2D eigenvalue weighted by molar-refractivity contribution is -0.278. The molecule has 3 rings (SSSR count). The normalized spacial score (nSPS) is 23.9. The fourth-order valence-corrected chi connectivity index (χ4v) is 5.87. The number of hydrogen-bond acceptors (Lipinski definition) is 10. The zero-order chi connectivity index (χ0) is 29.8. The number of aromatic nitrogens is 2. The van der Waals surface area contributed by atoms with E-state index in [0.717, 1.165) is 16.8 Å². The Bertz CT molecular complexity index is 1250. The minimum Gasteiger partial charge on any atom is -0.443 e. The van der Waals surface area contributed by atoms with Gasteiger partial charge in [0.05, 0.1) is 12.4 Å². The number of primary amides is 1. The average molecular weight is 585 g/mol. The van der Waals surface area contributed by atoms with Crippen LogP contribution >= 0.6 is 0 Å². The highest BCUT2D eigenvalue weighted by Crippen LogP contribution is 2.31. The molecule has 1 aromatic carbocycles. The minimum absolute atomic E-state index is 0.0593. The number of nitrogens with one attached hydrogen (secondary N) is 2. The number of nitrogens with zero attached hydrogens (tertiary/aromatic N) is 1. The highest BCUT2D eigenvalue weighted by atomic mass is 32.2. The van der Waals surface area contributed by atoms with Crippen LogP contribution in [0.5, 0.6) is 5.88 Å². The third-order valence-corrected chi connectivity index (χ3v) is 8.47. The van der Waals surface area contributed by atoms with Crippen molar-refractivity contribution in [2.24, 2.45) is 5.73 Å². The van der Waals surface area contributed by atoms with Crippen molar-refractivity contribution in [3.63, 3.8) is 0 Å². The lowest BCUT2D eigenvalue weighted by Gasteiger charge is -2.39. The van der Waals surface area contributed by atoms with Crippen LogP contribution in [0.25, 0.3) is 0 Å². The van der Waals surface area contributed by atoms with Gasteiger partial charge in [0.15, 0.2) is 0 Å². The molecule has 0 bridgehead atoms. The first-order chi connectivity index (χ1) is 18.6. The van der Waals surface area contributed by atoms with Crippen molar-refractivity contribution in [2.45, 2.75) is 89.1 Å². The maximum absolute atomic E-state index is 12.3. The SMILES string of the molecule is CC(C)c1[nH]nc(O[C@@H]2O[C@H](CO)[C@@H](O)[C@H](O)[C@H]2O)c1Cc1ccc(CCCS(=O)(=O)NC(C)(C)C(N)=O)cc1. The summed E-state index contributed by atoms with van der Waals surface area (Å²) in [5.41, 5.74) is 7.25. The van der Waals surface area contributed by atoms with Crippen molar-refractivity contribution in [3.05, 3.63) is 46.6 Å². The lowest BCUT2D eigenvalue weighted by Crippen LogP contribution is -2.60. The number of aliphatic hydroxyl groups excluding tert-OH is 4. The molecule has 0 saturated carbocycles. The number of nitrogens with two attached hydrogens (primary N) is 1. The molecule has 1 aliphatic rings. The van der Waals surface area contributed by atoms with E-state index in [1.54, 1.807) is 0 Å². The van der Waals surface area contributed by atoms with Gasteiger partial charge in [-0.1, -0.05) is 38.1 Å². The van der Waals surface area contributed by atoms with Gasteiger partial charge < -0.3 is 35.6 Å². The van der Waals surface area contributed by atoms with E-state index in [9.17, 15) is 33.6 Å². The van der Waals surface area contributed by atoms with Gasteiger partial charge in [-0.25, -0.2) is 13.1 Å². The summed E-state index contributed by atoms with van der Waals surface area (Å²) < 4.78 is 38.3. The van der Waals surface area contributed by atoms with Gasteiger partial charge in [0, 0.05) is 17.7 Å². The second-order valence-corrected chi connectivity index (χ2v) is 12.7. The Labute approximate surface area is 233 Å². The molecule has 40 heavy (non-hydrogen) atoms. The van der Waals surface area contributed by atoms with Crippen LogP contribution < -0.4 is 15.2 Å². The summed E-state index contributed by atoms with van der Waals surface area (Å²) in [6, 6.07) is 7.62.